The van der Waals surface area contributed by atoms with Gasteiger partial charge in [0.05, 0.1) is 12.1 Å². The van der Waals surface area contributed by atoms with Crippen molar-refractivity contribution in [3.63, 3.8) is 0 Å². The van der Waals surface area contributed by atoms with Gasteiger partial charge in [0.25, 0.3) is 0 Å². The van der Waals surface area contributed by atoms with E-state index < -0.39 is 5.97 Å². The standard InChI is InChI=1S/C15H26N2O4/c1-15(2)6-3-7-16-13(15)14(20)17-8-4-11(5-9-17)21-10-12(18)19/h11,13,16H,3-10H2,1-2H3,(H,18,19). The molecule has 2 aliphatic rings. The molecule has 2 fully saturated rings. The van der Waals surface area contributed by atoms with E-state index in [-0.39, 0.29) is 30.1 Å². The minimum absolute atomic E-state index is 0.00795. The molecule has 0 aromatic heterocycles. The summed E-state index contributed by atoms with van der Waals surface area (Å²) in [4.78, 5) is 25.1. The summed E-state index contributed by atoms with van der Waals surface area (Å²) in [5.41, 5.74) is -0.00795. The van der Waals surface area contributed by atoms with E-state index in [0.717, 1.165) is 19.4 Å². The van der Waals surface area contributed by atoms with Gasteiger partial charge in [0.1, 0.15) is 6.61 Å². The number of carbonyl (C=O) groups is 2. The van der Waals surface area contributed by atoms with Gasteiger partial charge < -0.3 is 20.1 Å². The van der Waals surface area contributed by atoms with Crippen molar-refractivity contribution in [1.29, 1.82) is 0 Å². The van der Waals surface area contributed by atoms with Crippen molar-refractivity contribution in [1.82, 2.24) is 10.2 Å². The minimum atomic E-state index is -0.943. The molecule has 2 rings (SSSR count). The Morgan fingerprint density at radius 3 is 2.57 bits per heavy atom. The molecule has 6 nitrogen and oxygen atoms in total. The second-order valence-corrected chi connectivity index (χ2v) is 6.71. The Labute approximate surface area is 125 Å². The maximum atomic E-state index is 12.7. The van der Waals surface area contributed by atoms with Crippen molar-refractivity contribution in [3.05, 3.63) is 0 Å². The highest BCUT2D eigenvalue weighted by atomic mass is 16.5. The molecule has 0 radical (unpaired) electrons. The van der Waals surface area contributed by atoms with Gasteiger partial charge in [-0.25, -0.2) is 4.79 Å². The molecule has 2 heterocycles. The van der Waals surface area contributed by atoms with Gasteiger partial charge in [-0.2, -0.15) is 0 Å². The lowest BCUT2D eigenvalue weighted by Gasteiger charge is -2.42. The van der Waals surface area contributed by atoms with Gasteiger partial charge in [-0.1, -0.05) is 13.8 Å². The molecule has 0 saturated carbocycles. The molecule has 0 aliphatic carbocycles. The van der Waals surface area contributed by atoms with Crippen molar-refractivity contribution in [3.8, 4) is 0 Å². The molecule has 2 aliphatic heterocycles. The number of carboxylic acids is 1. The van der Waals surface area contributed by atoms with Crippen LogP contribution < -0.4 is 5.32 Å². The Morgan fingerprint density at radius 2 is 2.00 bits per heavy atom. The molecule has 2 N–H and O–H groups in total. The number of nitrogens with zero attached hydrogens (tertiary/aromatic N) is 1. The number of rotatable bonds is 4. The number of hydrogen-bond acceptors (Lipinski definition) is 4. The summed E-state index contributed by atoms with van der Waals surface area (Å²) in [5, 5.41) is 12.0. The van der Waals surface area contributed by atoms with Crippen molar-refractivity contribution in [2.75, 3.05) is 26.2 Å². The van der Waals surface area contributed by atoms with Crippen LogP contribution in [-0.4, -0.2) is 60.3 Å². The van der Waals surface area contributed by atoms with Crippen LogP contribution in [-0.2, 0) is 14.3 Å². The van der Waals surface area contributed by atoms with Gasteiger partial charge in [0, 0.05) is 13.1 Å². The molecule has 2 saturated heterocycles. The first-order valence-corrected chi connectivity index (χ1v) is 7.76. The van der Waals surface area contributed by atoms with Crippen LogP contribution in [0.1, 0.15) is 39.5 Å². The largest absolute Gasteiger partial charge is 0.480 e. The van der Waals surface area contributed by atoms with Crippen LogP contribution in [0.2, 0.25) is 0 Å². The van der Waals surface area contributed by atoms with Gasteiger partial charge in [-0.05, 0) is 37.6 Å². The second kappa shape index (κ2) is 6.75. The summed E-state index contributed by atoms with van der Waals surface area (Å²) in [6.07, 6.45) is 3.56. The van der Waals surface area contributed by atoms with Crippen LogP contribution in [0.5, 0.6) is 0 Å². The lowest BCUT2D eigenvalue weighted by atomic mass is 9.77. The fraction of sp³-hybridized carbons (Fsp3) is 0.867. The fourth-order valence-electron chi connectivity index (χ4n) is 3.25. The monoisotopic (exact) mass is 298 g/mol. The maximum absolute atomic E-state index is 12.7. The summed E-state index contributed by atoms with van der Waals surface area (Å²) < 4.78 is 5.31. The lowest BCUT2D eigenvalue weighted by molar-refractivity contribution is -0.148. The predicted molar refractivity (Wildman–Crippen MR) is 78.0 cm³/mol. The SMILES string of the molecule is CC1(C)CCCNC1C(=O)N1CCC(OCC(=O)O)CC1. The topological polar surface area (TPSA) is 78.9 Å². The second-order valence-electron chi connectivity index (χ2n) is 6.71. The molecule has 0 aromatic carbocycles. The normalized spacial score (nSPS) is 26.6. The summed E-state index contributed by atoms with van der Waals surface area (Å²) >= 11 is 0. The lowest BCUT2D eigenvalue weighted by Crippen LogP contribution is -2.58. The average molecular weight is 298 g/mol. The number of aliphatic carboxylic acids is 1. The van der Waals surface area contributed by atoms with Crippen LogP contribution in [0, 0.1) is 5.41 Å². The Bertz CT molecular complexity index is 389. The zero-order valence-electron chi connectivity index (χ0n) is 12.9. The molecular formula is C15H26N2O4. The molecular weight excluding hydrogens is 272 g/mol. The number of likely N-dealkylation sites (tertiary alicyclic amines) is 1. The Kier molecular flexibility index (Phi) is 5.22. The van der Waals surface area contributed by atoms with E-state index in [1.165, 1.54) is 0 Å². The number of hydrogen-bond donors (Lipinski definition) is 2. The third-order valence-electron chi connectivity index (χ3n) is 4.57. The number of nitrogens with one attached hydrogen (secondary N) is 1. The molecule has 120 valence electrons. The first kappa shape index (κ1) is 16.2. The highest BCUT2D eigenvalue weighted by Crippen LogP contribution is 2.31. The molecule has 0 bridgehead atoms. The number of carboxylic acid groups (broad SMARTS) is 1. The minimum Gasteiger partial charge on any atom is -0.480 e. The number of carbonyl (C=O) groups excluding carboxylic acids is 1. The van der Waals surface area contributed by atoms with Crippen molar-refractivity contribution < 1.29 is 19.4 Å². The van der Waals surface area contributed by atoms with E-state index >= 15 is 0 Å². The molecule has 6 heteroatoms. The van der Waals surface area contributed by atoms with Gasteiger partial charge in [-0.3, -0.25) is 4.79 Å². The first-order chi connectivity index (χ1) is 9.90. The van der Waals surface area contributed by atoms with E-state index in [2.05, 4.69) is 19.2 Å². The smallest absolute Gasteiger partial charge is 0.329 e. The van der Waals surface area contributed by atoms with E-state index in [1.54, 1.807) is 0 Å². The first-order valence-electron chi connectivity index (χ1n) is 7.76. The quantitative estimate of drug-likeness (QED) is 0.804. The summed E-state index contributed by atoms with van der Waals surface area (Å²) in [6.45, 7) is 6.23. The van der Waals surface area contributed by atoms with E-state index in [4.69, 9.17) is 9.84 Å². The molecule has 0 aromatic rings. The van der Waals surface area contributed by atoms with Gasteiger partial charge in [0.2, 0.25) is 5.91 Å². The van der Waals surface area contributed by atoms with E-state index in [9.17, 15) is 9.59 Å². The average Bonchev–Trinajstić information content (AvgIpc) is 2.44. The highest BCUT2D eigenvalue weighted by molar-refractivity contribution is 5.83. The van der Waals surface area contributed by atoms with Gasteiger partial charge in [0.15, 0.2) is 0 Å². The van der Waals surface area contributed by atoms with Crippen molar-refractivity contribution in [2.45, 2.75) is 51.7 Å². The van der Waals surface area contributed by atoms with Crippen LogP contribution in [0.25, 0.3) is 0 Å². The summed E-state index contributed by atoms with van der Waals surface area (Å²) in [5.74, 6) is -0.766. The van der Waals surface area contributed by atoms with Crippen LogP contribution in [0.15, 0.2) is 0 Å². The number of ether oxygens (including phenoxy) is 1. The van der Waals surface area contributed by atoms with Crippen molar-refractivity contribution >= 4 is 11.9 Å². The fourth-order valence-corrected chi connectivity index (χ4v) is 3.25. The maximum Gasteiger partial charge on any atom is 0.329 e. The molecule has 1 amide bonds. The zero-order valence-corrected chi connectivity index (χ0v) is 12.9. The van der Waals surface area contributed by atoms with Crippen LogP contribution >= 0.6 is 0 Å². The van der Waals surface area contributed by atoms with E-state index in [0.29, 0.717) is 25.9 Å². The Balaban J connectivity index is 1.84. The van der Waals surface area contributed by atoms with Gasteiger partial charge >= 0.3 is 5.97 Å². The summed E-state index contributed by atoms with van der Waals surface area (Å²) in [7, 11) is 0. The zero-order chi connectivity index (χ0) is 15.5. The Hall–Kier alpha value is -1.14. The third kappa shape index (κ3) is 4.17. The number of amides is 1. The Morgan fingerprint density at radius 1 is 1.33 bits per heavy atom. The summed E-state index contributed by atoms with van der Waals surface area (Å²) in [6, 6.07) is -0.109. The van der Waals surface area contributed by atoms with Gasteiger partial charge in [-0.15, -0.1) is 0 Å². The highest BCUT2D eigenvalue weighted by Gasteiger charge is 2.39. The molecule has 1 unspecified atom stereocenters. The number of piperidine rings is 2. The molecule has 1 atom stereocenters. The van der Waals surface area contributed by atoms with Crippen molar-refractivity contribution in [2.24, 2.45) is 5.41 Å². The van der Waals surface area contributed by atoms with E-state index in [1.807, 2.05) is 4.90 Å². The van der Waals surface area contributed by atoms with Crippen LogP contribution in [0.3, 0.4) is 0 Å². The van der Waals surface area contributed by atoms with Crippen LogP contribution in [0.4, 0.5) is 0 Å². The predicted octanol–water partition coefficient (Wildman–Crippen LogP) is 0.857. The third-order valence-corrected chi connectivity index (χ3v) is 4.57. The molecule has 21 heavy (non-hydrogen) atoms. The molecule has 0 spiro atoms.